The second-order valence-corrected chi connectivity index (χ2v) is 6.93. The number of nitrogens with zero attached hydrogens (tertiary/aromatic N) is 3. The quantitative estimate of drug-likeness (QED) is 0.461. The number of benzene rings is 2. The molecule has 0 bridgehead atoms. The molecule has 1 amide bonds. The Kier molecular flexibility index (Phi) is 5.68. The van der Waals surface area contributed by atoms with Crippen LogP contribution in [-0.2, 0) is 0 Å². The Hall–Kier alpha value is -3.77. The SMILES string of the molecule is Cc1ccc(C(=O)Nc2cccc(Cl)c2)cc1Oc1ncccc1-c1ccncn1. The summed E-state index contributed by atoms with van der Waals surface area (Å²) in [5.74, 6) is 0.661. The molecule has 0 atom stereocenters. The molecule has 0 aliphatic rings. The molecule has 6 nitrogen and oxygen atoms in total. The third kappa shape index (κ3) is 4.45. The maximum Gasteiger partial charge on any atom is 0.255 e. The summed E-state index contributed by atoms with van der Waals surface area (Å²) in [6.07, 6.45) is 4.77. The van der Waals surface area contributed by atoms with E-state index in [1.807, 2.05) is 25.1 Å². The van der Waals surface area contributed by atoms with Gasteiger partial charge in [-0.3, -0.25) is 4.79 Å². The zero-order valence-corrected chi connectivity index (χ0v) is 16.8. The van der Waals surface area contributed by atoms with Gasteiger partial charge in [0.15, 0.2) is 0 Å². The summed E-state index contributed by atoms with van der Waals surface area (Å²) in [7, 11) is 0. The molecular weight excluding hydrogens is 400 g/mol. The minimum absolute atomic E-state index is 0.265. The Balaban J connectivity index is 1.61. The lowest BCUT2D eigenvalue weighted by molar-refractivity contribution is 0.102. The van der Waals surface area contributed by atoms with Gasteiger partial charge in [-0.25, -0.2) is 15.0 Å². The Morgan fingerprint density at radius 2 is 1.90 bits per heavy atom. The summed E-state index contributed by atoms with van der Waals surface area (Å²) in [5, 5.41) is 3.38. The summed E-state index contributed by atoms with van der Waals surface area (Å²) in [4.78, 5) is 25.2. The minimum Gasteiger partial charge on any atom is -0.438 e. The number of pyridine rings is 1. The van der Waals surface area contributed by atoms with Gasteiger partial charge in [0.25, 0.3) is 5.91 Å². The van der Waals surface area contributed by atoms with Gasteiger partial charge in [0.05, 0.1) is 11.3 Å². The Morgan fingerprint density at radius 1 is 1.00 bits per heavy atom. The number of nitrogens with one attached hydrogen (secondary N) is 1. The fourth-order valence-electron chi connectivity index (χ4n) is 2.84. The van der Waals surface area contributed by atoms with E-state index in [-0.39, 0.29) is 5.91 Å². The number of rotatable bonds is 5. The van der Waals surface area contributed by atoms with E-state index in [1.165, 1.54) is 6.33 Å². The minimum atomic E-state index is -0.265. The Bertz CT molecular complexity index is 1200. The molecule has 2 heterocycles. The predicted octanol–water partition coefficient (Wildman–Crippen LogP) is 5.55. The molecule has 0 spiro atoms. The van der Waals surface area contributed by atoms with E-state index in [1.54, 1.807) is 54.9 Å². The van der Waals surface area contributed by atoms with Crippen molar-refractivity contribution in [3.63, 3.8) is 0 Å². The highest BCUT2D eigenvalue weighted by Crippen LogP contribution is 2.32. The van der Waals surface area contributed by atoms with Crippen LogP contribution in [0, 0.1) is 6.92 Å². The molecule has 2 aromatic heterocycles. The van der Waals surface area contributed by atoms with Crippen molar-refractivity contribution in [2.75, 3.05) is 5.32 Å². The van der Waals surface area contributed by atoms with E-state index < -0.39 is 0 Å². The first-order valence-electron chi connectivity index (χ1n) is 9.17. The van der Waals surface area contributed by atoms with E-state index in [0.717, 1.165) is 11.1 Å². The number of aromatic nitrogens is 3. The van der Waals surface area contributed by atoms with Gasteiger partial charge in [-0.15, -0.1) is 0 Å². The lowest BCUT2D eigenvalue weighted by Gasteiger charge is -2.13. The van der Waals surface area contributed by atoms with Crippen LogP contribution in [0.4, 0.5) is 5.69 Å². The Labute approximate surface area is 178 Å². The molecule has 30 heavy (non-hydrogen) atoms. The number of carbonyl (C=O) groups excluding carboxylic acids is 1. The van der Waals surface area contributed by atoms with E-state index in [0.29, 0.717) is 33.6 Å². The number of aryl methyl sites for hydroxylation is 1. The van der Waals surface area contributed by atoms with Crippen molar-refractivity contribution in [3.8, 4) is 22.9 Å². The number of hydrogen-bond donors (Lipinski definition) is 1. The van der Waals surface area contributed by atoms with Crippen molar-refractivity contribution in [1.82, 2.24) is 15.0 Å². The van der Waals surface area contributed by atoms with Gasteiger partial charge in [-0.2, -0.15) is 0 Å². The second-order valence-electron chi connectivity index (χ2n) is 6.50. The van der Waals surface area contributed by atoms with Gasteiger partial charge in [-0.05, 0) is 61.0 Å². The molecule has 0 unspecified atom stereocenters. The summed E-state index contributed by atoms with van der Waals surface area (Å²) in [5.41, 5.74) is 3.36. The van der Waals surface area contributed by atoms with Crippen LogP contribution >= 0.6 is 11.6 Å². The highest BCUT2D eigenvalue weighted by molar-refractivity contribution is 6.31. The zero-order valence-electron chi connectivity index (χ0n) is 16.0. The number of carbonyl (C=O) groups is 1. The van der Waals surface area contributed by atoms with Crippen LogP contribution < -0.4 is 10.1 Å². The molecule has 0 fully saturated rings. The van der Waals surface area contributed by atoms with Crippen molar-refractivity contribution >= 4 is 23.2 Å². The lowest BCUT2D eigenvalue weighted by atomic mass is 10.1. The van der Waals surface area contributed by atoms with Crippen LogP contribution in [0.25, 0.3) is 11.3 Å². The molecule has 0 saturated heterocycles. The lowest BCUT2D eigenvalue weighted by Crippen LogP contribution is -2.12. The molecule has 148 valence electrons. The molecule has 1 N–H and O–H groups in total. The fraction of sp³-hybridized carbons (Fsp3) is 0.0435. The van der Waals surface area contributed by atoms with Crippen LogP contribution in [0.1, 0.15) is 15.9 Å². The van der Waals surface area contributed by atoms with Crippen LogP contribution in [0.15, 0.2) is 79.4 Å². The summed E-state index contributed by atoms with van der Waals surface area (Å²) in [6.45, 7) is 1.90. The number of anilines is 1. The molecule has 0 aliphatic carbocycles. The van der Waals surface area contributed by atoms with E-state index in [4.69, 9.17) is 16.3 Å². The number of ether oxygens (including phenoxy) is 1. The third-order valence-electron chi connectivity index (χ3n) is 4.37. The molecule has 0 aliphatic heterocycles. The van der Waals surface area contributed by atoms with E-state index >= 15 is 0 Å². The van der Waals surface area contributed by atoms with E-state index in [2.05, 4.69) is 20.3 Å². The topological polar surface area (TPSA) is 77.0 Å². The maximum atomic E-state index is 12.7. The van der Waals surface area contributed by atoms with E-state index in [9.17, 15) is 4.79 Å². The third-order valence-corrected chi connectivity index (χ3v) is 4.60. The van der Waals surface area contributed by atoms with Gasteiger partial charge in [0.1, 0.15) is 12.1 Å². The highest BCUT2D eigenvalue weighted by atomic mass is 35.5. The number of halogens is 1. The molecule has 0 radical (unpaired) electrons. The van der Waals surface area contributed by atoms with Crippen molar-refractivity contribution < 1.29 is 9.53 Å². The standard InChI is InChI=1S/C23H17ClN4O2/c1-15-7-8-16(22(29)28-18-5-2-4-17(24)13-18)12-21(15)30-23-19(6-3-10-26-23)20-9-11-25-14-27-20/h2-14H,1H3,(H,28,29). The summed E-state index contributed by atoms with van der Waals surface area (Å²) < 4.78 is 6.08. The van der Waals surface area contributed by atoms with Crippen molar-refractivity contribution in [2.24, 2.45) is 0 Å². The van der Waals surface area contributed by atoms with Gasteiger partial charge < -0.3 is 10.1 Å². The first kappa shape index (κ1) is 19.5. The molecule has 4 rings (SSSR count). The van der Waals surface area contributed by atoms with Crippen molar-refractivity contribution in [1.29, 1.82) is 0 Å². The first-order chi connectivity index (χ1) is 14.6. The molecule has 4 aromatic rings. The largest absolute Gasteiger partial charge is 0.438 e. The smallest absolute Gasteiger partial charge is 0.255 e. The van der Waals surface area contributed by atoms with Gasteiger partial charge in [-0.1, -0.05) is 23.7 Å². The molecule has 7 heteroatoms. The zero-order chi connectivity index (χ0) is 20.9. The molecular formula is C23H17ClN4O2. The predicted molar refractivity (Wildman–Crippen MR) is 116 cm³/mol. The molecule has 2 aromatic carbocycles. The van der Waals surface area contributed by atoms with Crippen LogP contribution in [-0.4, -0.2) is 20.9 Å². The first-order valence-corrected chi connectivity index (χ1v) is 9.55. The summed E-state index contributed by atoms with van der Waals surface area (Å²) >= 11 is 5.99. The number of hydrogen-bond acceptors (Lipinski definition) is 5. The van der Waals surface area contributed by atoms with Gasteiger partial charge >= 0.3 is 0 Å². The average Bonchev–Trinajstić information content (AvgIpc) is 2.76. The van der Waals surface area contributed by atoms with Crippen molar-refractivity contribution in [2.45, 2.75) is 6.92 Å². The number of amides is 1. The summed E-state index contributed by atoms with van der Waals surface area (Å²) in [6, 6.07) is 17.7. The van der Waals surface area contributed by atoms with Crippen LogP contribution in [0.2, 0.25) is 5.02 Å². The normalized spacial score (nSPS) is 10.5. The van der Waals surface area contributed by atoms with Gasteiger partial charge in [0.2, 0.25) is 5.88 Å². The van der Waals surface area contributed by atoms with Crippen LogP contribution in [0.3, 0.4) is 0 Å². The fourth-order valence-corrected chi connectivity index (χ4v) is 3.03. The average molecular weight is 417 g/mol. The maximum absolute atomic E-state index is 12.7. The van der Waals surface area contributed by atoms with Gasteiger partial charge in [0, 0.05) is 28.7 Å². The highest BCUT2D eigenvalue weighted by Gasteiger charge is 2.14. The second kappa shape index (κ2) is 8.71. The van der Waals surface area contributed by atoms with Crippen molar-refractivity contribution in [3.05, 3.63) is 95.5 Å². The Morgan fingerprint density at radius 3 is 2.70 bits per heavy atom. The monoisotopic (exact) mass is 416 g/mol. The molecule has 0 saturated carbocycles. The van der Waals surface area contributed by atoms with Crippen LogP contribution in [0.5, 0.6) is 11.6 Å².